The minimum atomic E-state index is -0.120. The van der Waals surface area contributed by atoms with Gasteiger partial charge in [0, 0.05) is 18.1 Å². The van der Waals surface area contributed by atoms with Gasteiger partial charge in [0.2, 0.25) is 5.78 Å². The van der Waals surface area contributed by atoms with E-state index < -0.39 is 0 Å². The van der Waals surface area contributed by atoms with E-state index in [0.29, 0.717) is 29.6 Å². The summed E-state index contributed by atoms with van der Waals surface area (Å²) in [5.41, 5.74) is 5.59. The molecule has 0 aromatic heterocycles. The van der Waals surface area contributed by atoms with Crippen LogP contribution in [0.15, 0.2) is 60.4 Å². The lowest BCUT2D eigenvalue weighted by Crippen LogP contribution is -2.31. The van der Waals surface area contributed by atoms with E-state index in [4.69, 9.17) is 21.1 Å². The fraction of sp³-hybridized carbons (Fsp3) is 0.192. The third-order valence-electron chi connectivity index (χ3n) is 5.71. The maximum atomic E-state index is 13.1. The highest BCUT2D eigenvalue weighted by Crippen LogP contribution is 2.44. The van der Waals surface area contributed by atoms with Gasteiger partial charge in [0.05, 0.1) is 11.1 Å². The van der Waals surface area contributed by atoms with Crippen LogP contribution >= 0.6 is 11.6 Å². The number of ether oxygens (including phenoxy) is 2. The fourth-order valence-electron chi connectivity index (χ4n) is 4.06. The molecule has 3 aromatic rings. The first-order chi connectivity index (χ1) is 15.0. The zero-order valence-electron chi connectivity index (χ0n) is 17.4. The van der Waals surface area contributed by atoms with E-state index in [-0.39, 0.29) is 11.5 Å². The van der Waals surface area contributed by atoms with E-state index >= 15 is 0 Å². The summed E-state index contributed by atoms with van der Waals surface area (Å²) in [5.74, 6) is 1.55. The number of allylic oxidation sites excluding steroid dienone is 1. The Morgan fingerprint density at radius 2 is 1.87 bits per heavy atom. The largest absolute Gasteiger partial charge is 0.478 e. The summed E-state index contributed by atoms with van der Waals surface area (Å²) >= 11 is 6.28. The normalized spacial score (nSPS) is 16.6. The van der Waals surface area contributed by atoms with Crippen LogP contribution in [0, 0.1) is 13.8 Å². The molecule has 2 heterocycles. The van der Waals surface area contributed by atoms with Gasteiger partial charge in [-0.1, -0.05) is 59.6 Å². The molecule has 2 aliphatic rings. The summed E-state index contributed by atoms with van der Waals surface area (Å²) < 4.78 is 12.2. The Morgan fingerprint density at radius 1 is 1.10 bits per heavy atom. The molecule has 0 amide bonds. The molecule has 0 aliphatic carbocycles. The highest BCUT2D eigenvalue weighted by atomic mass is 35.5. The van der Waals surface area contributed by atoms with Crippen molar-refractivity contribution in [3.8, 4) is 11.5 Å². The van der Waals surface area contributed by atoms with E-state index in [1.807, 2.05) is 31.2 Å². The number of ketones is 1. The molecule has 0 unspecified atom stereocenters. The molecule has 0 spiro atoms. The smallest absolute Gasteiger partial charge is 0.232 e. The molecular formula is C26H22ClNO3. The van der Waals surface area contributed by atoms with Crippen molar-refractivity contribution in [2.45, 2.75) is 26.9 Å². The highest BCUT2D eigenvalue weighted by molar-refractivity contribution is 6.32. The third kappa shape index (κ3) is 3.73. The average Bonchev–Trinajstić information content (AvgIpc) is 3.09. The molecule has 4 nitrogen and oxygen atoms in total. The number of fused-ring (bicyclic) bond motifs is 3. The molecular weight excluding hydrogens is 410 g/mol. The summed E-state index contributed by atoms with van der Waals surface area (Å²) in [7, 11) is 0. The van der Waals surface area contributed by atoms with Crippen LogP contribution in [-0.2, 0) is 13.1 Å². The number of halogens is 1. The van der Waals surface area contributed by atoms with Gasteiger partial charge < -0.3 is 9.47 Å². The van der Waals surface area contributed by atoms with Gasteiger partial charge in [-0.05, 0) is 48.7 Å². The molecule has 31 heavy (non-hydrogen) atoms. The molecule has 0 radical (unpaired) electrons. The first kappa shape index (κ1) is 19.9. The molecule has 3 aromatic carbocycles. The Kier molecular flexibility index (Phi) is 5.05. The molecule has 0 fully saturated rings. The second-order valence-electron chi connectivity index (χ2n) is 8.08. The molecule has 5 heteroatoms. The van der Waals surface area contributed by atoms with Crippen LogP contribution in [0.25, 0.3) is 6.08 Å². The Morgan fingerprint density at radius 3 is 2.65 bits per heavy atom. The molecule has 5 rings (SSSR count). The van der Waals surface area contributed by atoms with Gasteiger partial charge in [0.15, 0.2) is 5.76 Å². The monoisotopic (exact) mass is 431 g/mol. The Hall–Kier alpha value is -3.08. The predicted octanol–water partition coefficient (Wildman–Crippen LogP) is 5.93. The standard InChI is InChI=1S/C26H22ClNO3/c1-16-7-9-18(10-8-16)13-28-14-20-22(30-15-28)11-17(2)24-25(29)23(31-26(20)24)12-19-5-3-4-6-21(19)27/h3-12H,13-15H2,1-2H3/b23-12-. The molecule has 0 saturated heterocycles. The van der Waals surface area contributed by atoms with E-state index in [0.717, 1.165) is 29.0 Å². The lowest BCUT2D eigenvalue weighted by Gasteiger charge is -2.30. The van der Waals surface area contributed by atoms with Crippen molar-refractivity contribution in [2.24, 2.45) is 0 Å². The number of Topliss-reactive ketones (excluding diaryl/α,β-unsaturated/α-hetero) is 1. The number of benzene rings is 3. The van der Waals surface area contributed by atoms with Crippen LogP contribution in [0.1, 0.15) is 38.2 Å². The summed E-state index contributed by atoms with van der Waals surface area (Å²) in [4.78, 5) is 15.3. The van der Waals surface area contributed by atoms with Crippen molar-refractivity contribution in [1.29, 1.82) is 0 Å². The van der Waals surface area contributed by atoms with Crippen molar-refractivity contribution in [2.75, 3.05) is 6.73 Å². The first-order valence-electron chi connectivity index (χ1n) is 10.3. The number of aryl methyl sites for hydroxylation is 2. The maximum Gasteiger partial charge on any atom is 0.232 e. The van der Waals surface area contributed by atoms with Gasteiger partial charge in [-0.25, -0.2) is 0 Å². The molecule has 0 N–H and O–H groups in total. The lowest BCUT2D eigenvalue weighted by atomic mass is 9.98. The van der Waals surface area contributed by atoms with Crippen LogP contribution in [0.3, 0.4) is 0 Å². The van der Waals surface area contributed by atoms with Crippen molar-refractivity contribution in [3.05, 3.63) is 98.8 Å². The van der Waals surface area contributed by atoms with Crippen LogP contribution < -0.4 is 9.47 Å². The van der Waals surface area contributed by atoms with Gasteiger partial charge >= 0.3 is 0 Å². The Labute approximate surface area is 186 Å². The molecule has 2 aliphatic heterocycles. The SMILES string of the molecule is Cc1ccc(CN2COc3cc(C)c4c(c3C2)O/C(=C\c2ccccc2Cl)C4=O)cc1. The molecule has 0 atom stereocenters. The van der Waals surface area contributed by atoms with Gasteiger partial charge in [0.1, 0.15) is 18.2 Å². The lowest BCUT2D eigenvalue weighted by molar-refractivity contribution is 0.0872. The minimum Gasteiger partial charge on any atom is -0.478 e. The number of carbonyl (C=O) groups excluding carboxylic acids is 1. The average molecular weight is 432 g/mol. The second-order valence-corrected chi connectivity index (χ2v) is 8.49. The summed E-state index contributed by atoms with van der Waals surface area (Å²) in [6, 6.07) is 17.8. The molecule has 0 bridgehead atoms. The van der Waals surface area contributed by atoms with Crippen LogP contribution in [0.4, 0.5) is 0 Å². The number of rotatable bonds is 3. The number of hydrogen-bond acceptors (Lipinski definition) is 4. The van der Waals surface area contributed by atoms with Gasteiger partial charge in [-0.2, -0.15) is 0 Å². The first-order valence-corrected chi connectivity index (χ1v) is 10.6. The molecule has 0 saturated carbocycles. The fourth-order valence-corrected chi connectivity index (χ4v) is 4.25. The van der Waals surface area contributed by atoms with Crippen LogP contribution in [0.5, 0.6) is 11.5 Å². The molecule has 156 valence electrons. The van der Waals surface area contributed by atoms with Crippen molar-refractivity contribution in [1.82, 2.24) is 4.90 Å². The highest BCUT2D eigenvalue weighted by Gasteiger charge is 2.35. The minimum absolute atomic E-state index is 0.120. The summed E-state index contributed by atoms with van der Waals surface area (Å²) in [6.45, 7) is 5.91. The number of nitrogens with zero attached hydrogens (tertiary/aromatic N) is 1. The second kappa shape index (κ2) is 7.88. The predicted molar refractivity (Wildman–Crippen MR) is 121 cm³/mol. The van der Waals surface area contributed by atoms with Crippen LogP contribution in [-0.4, -0.2) is 17.4 Å². The number of carbonyl (C=O) groups is 1. The van der Waals surface area contributed by atoms with Gasteiger partial charge in [-0.15, -0.1) is 0 Å². The topological polar surface area (TPSA) is 38.8 Å². The van der Waals surface area contributed by atoms with E-state index in [1.165, 1.54) is 11.1 Å². The van der Waals surface area contributed by atoms with Crippen LogP contribution in [0.2, 0.25) is 5.02 Å². The summed E-state index contributed by atoms with van der Waals surface area (Å²) in [5, 5.41) is 0.578. The zero-order valence-corrected chi connectivity index (χ0v) is 18.2. The Balaban J connectivity index is 1.47. The third-order valence-corrected chi connectivity index (χ3v) is 6.05. The van der Waals surface area contributed by atoms with E-state index in [9.17, 15) is 4.79 Å². The van der Waals surface area contributed by atoms with Crippen molar-refractivity contribution in [3.63, 3.8) is 0 Å². The maximum absolute atomic E-state index is 13.1. The van der Waals surface area contributed by atoms with Crippen molar-refractivity contribution < 1.29 is 14.3 Å². The Bertz CT molecular complexity index is 1210. The van der Waals surface area contributed by atoms with Crippen molar-refractivity contribution >= 4 is 23.5 Å². The van der Waals surface area contributed by atoms with E-state index in [2.05, 4.69) is 36.1 Å². The zero-order chi connectivity index (χ0) is 21.5. The van der Waals surface area contributed by atoms with Gasteiger partial charge in [-0.3, -0.25) is 9.69 Å². The van der Waals surface area contributed by atoms with E-state index in [1.54, 1.807) is 12.1 Å². The summed E-state index contributed by atoms with van der Waals surface area (Å²) in [6.07, 6.45) is 1.71. The number of hydrogen-bond donors (Lipinski definition) is 0. The van der Waals surface area contributed by atoms with Gasteiger partial charge in [0.25, 0.3) is 0 Å². The quantitative estimate of drug-likeness (QED) is 0.482.